The highest BCUT2D eigenvalue weighted by atomic mass is 35.5. The minimum Gasteiger partial charge on any atom is -0.467 e. The summed E-state index contributed by atoms with van der Waals surface area (Å²) in [5.41, 5.74) is 1.03. The van der Waals surface area contributed by atoms with Gasteiger partial charge in [0.05, 0.1) is 23.5 Å². The van der Waals surface area contributed by atoms with Crippen LogP contribution in [0.15, 0.2) is 34.9 Å². The van der Waals surface area contributed by atoms with Crippen LogP contribution in [-0.4, -0.2) is 15.0 Å². The van der Waals surface area contributed by atoms with Crippen molar-refractivity contribution in [2.75, 3.05) is 10.0 Å². The number of halogens is 1. The second-order valence-corrected chi connectivity index (χ2v) is 4.93. The Labute approximate surface area is 122 Å². The first kappa shape index (κ1) is 14.6. The second kappa shape index (κ2) is 6.56. The van der Waals surface area contributed by atoms with Crippen LogP contribution in [0.2, 0.25) is 5.02 Å². The Bertz CT molecular complexity index is 631. The molecule has 0 radical (unpaired) electrons. The molecule has 0 aliphatic carbocycles. The Hall–Kier alpha value is -1.83. The Morgan fingerprint density at radius 2 is 2.20 bits per heavy atom. The number of aldehydes is 1. The number of benzene rings is 1. The van der Waals surface area contributed by atoms with Gasteiger partial charge in [0.15, 0.2) is 6.29 Å². The lowest BCUT2D eigenvalue weighted by Crippen LogP contribution is -2.06. The summed E-state index contributed by atoms with van der Waals surface area (Å²) in [7, 11) is 0. The van der Waals surface area contributed by atoms with Crippen LogP contribution < -0.4 is 10.0 Å². The van der Waals surface area contributed by atoms with Crippen molar-refractivity contribution in [3.05, 3.63) is 46.9 Å². The number of rotatable bonds is 6. The fraction of sp³-hybridized carbons (Fsp3) is 0.0833. The zero-order chi connectivity index (χ0) is 14.5. The van der Waals surface area contributed by atoms with Gasteiger partial charge in [0.25, 0.3) is 11.3 Å². The van der Waals surface area contributed by atoms with Crippen molar-refractivity contribution in [3.8, 4) is 0 Å². The summed E-state index contributed by atoms with van der Waals surface area (Å²) in [4.78, 5) is 11.1. The van der Waals surface area contributed by atoms with E-state index in [0.29, 0.717) is 29.8 Å². The Balaban J connectivity index is 2.21. The highest BCUT2D eigenvalue weighted by molar-refractivity contribution is 7.80. The van der Waals surface area contributed by atoms with Crippen LogP contribution in [0.5, 0.6) is 0 Å². The maximum Gasteiger partial charge on any atom is 0.259 e. The van der Waals surface area contributed by atoms with Crippen LogP contribution in [0, 0.1) is 0 Å². The molecule has 0 saturated carbocycles. The molecule has 3 N–H and O–H groups in total. The smallest absolute Gasteiger partial charge is 0.259 e. The van der Waals surface area contributed by atoms with Gasteiger partial charge < -0.3 is 9.73 Å². The summed E-state index contributed by atoms with van der Waals surface area (Å²) in [5, 5.41) is 3.23. The Morgan fingerprint density at radius 1 is 1.40 bits per heavy atom. The van der Waals surface area contributed by atoms with Crippen molar-refractivity contribution in [3.63, 3.8) is 0 Å². The van der Waals surface area contributed by atoms with Gasteiger partial charge in [-0.2, -0.15) is 0 Å². The minimum absolute atomic E-state index is 0.207. The second-order valence-electron chi connectivity index (χ2n) is 3.82. The molecule has 8 heteroatoms. The molecular weight excluding hydrogens is 304 g/mol. The summed E-state index contributed by atoms with van der Waals surface area (Å²) in [6, 6.07) is 6.45. The van der Waals surface area contributed by atoms with E-state index in [2.05, 4.69) is 10.0 Å². The van der Waals surface area contributed by atoms with Gasteiger partial charge in [0.2, 0.25) is 0 Å². The quantitative estimate of drug-likeness (QED) is 0.563. The number of furan rings is 1. The number of anilines is 2. The fourth-order valence-electron chi connectivity index (χ4n) is 1.61. The van der Waals surface area contributed by atoms with Crippen molar-refractivity contribution < 1.29 is 18.0 Å². The molecule has 2 rings (SSSR count). The highest BCUT2D eigenvalue weighted by Gasteiger charge is 2.10. The molecule has 6 nitrogen and oxygen atoms in total. The Morgan fingerprint density at radius 3 is 2.80 bits per heavy atom. The molecule has 0 amide bonds. The number of hydrogen-bond donors (Lipinski definition) is 3. The van der Waals surface area contributed by atoms with E-state index in [4.69, 9.17) is 20.6 Å². The summed E-state index contributed by atoms with van der Waals surface area (Å²) < 4.78 is 26.9. The third kappa shape index (κ3) is 3.60. The van der Waals surface area contributed by atoms with Crippen LogP contribution in [-0.2, 0) is 17.8 Å². The summed E-state index contributed by atoms with van der Waals surface area (Å²) >= 11 is 3.72. The zero-order valence-electron chi connectivity index (χ0n) is 10.1. The van der Waals surface area contributed by atoms with Gasteiger partial charge in [-0.1, -0.05) is 11.6 Å². The topological polar surface area (TPSA) is 91.6 Å². The first-order chi connectivity index (χ1) is 9.60. The van der Waals surface area contributed by atoms with E-state index in [1.165, 1.54) is 12.1 Å². The fourth-order valence-corrected chi connectivity index (χ4v) is 2.23. The van der Waals surface area contributed by atoms with Crippen molar-refractivity contribution in [1.82, 2.24) is 0 Å². The molecular formula is C12H11ClN2O4S. The lowest BCUT2D eigenvalue weighted by Gasteiger charge is -2.11. The highest BCUT2D eigenvalue weighted by Crippen LogP contribution is 2.29. The van der Waals surface area contributed by atoms with Crippen molar-refractivity contribution in [2.24, 2.45) is 0 Å². The van der Waals surface area contributed by atoms with Gasteiger partial charge in [-0.25, -0.2) is 4.21 Å². The monoisotopic (exact) mass is 314 g/mol. The molecule has 0 bridgehead atoms. The van der Waals surface area contributed by atoms with Crippen molar-refractivity contribution in [2.45, 2.75) is 6.54 Å². The van der Waals surface area contributed by atoms with E-state index >= 15 is 0 Å². The predicted molar refractivity (Wildman–Crippen MR) is 77.3 cm³/mol. The summed E-state index contributed by atoms with van der Waals surface area (Å²) in [6.45, 7) is 0.392. The minimum atomic E-state index is -2.26. The molecule has 20 heavy (non-hydrogen) atoms. The van der Waals surface area contributed by atoms with Gasteiger partial charge >= 0.3 is 0 Å². The van der Waals surface area contributed by atoms with Gasteiger partial charge in [-0.3, -0.25) is 14.1 Å². The van der Waals surface area contributed by atoms with Crippen LogP contribution in [0.4, 0.5) is 11.4 Å². The van der Waals surface area contributed by atoms with E-state index in [0.717, 1.165) is 0 Å². The van der Waals surface area contributed by atoms with E-state index in [-0.39, 0.29) is 10.7 Å². The van der Waals surface area contributed by atoms with Crippen LogP contribution in [0.1, 0.15) is 16.1 Å². The molecule has 0 fully saturated rings. The molecule has 0 saturated heterocycles. The Kier molecular flexibility index (Phi) is 4.78. The van der Waals surface area contributed by atoms with Gasteiger partial charge in [-0.15, -0.1) is 0 Å². The van der Waals surface area contributed by atoms with Gasteiger partial charge in [0, 0.05) is 11.3 Å². The molecule has 106 valence electrons. The number of hydrogen-bond acceptors (Lipinski definition) is 4. The molecule has 1 atom stereocenters. The predicted octanol–water partition coefficient (Wildman–Crippen LogP) is 2.91. The molecule has 0 aliphatic rings. The maximum absolute atomic E-state index is 11.1. The number of nitrogens with one attached hydrogen (secondary N) is 2. The average Bonchev–Trinajstić information content (AvgIpc) is 2.91. The van der Waals surface area contributed by atoms with Gasteiger partial charge in [0.1, 0.15) is 5.76 Å². The number of carbonyl (C=O) groups is 1. The standard InChI is InChI=1S/C12H11ClN2O4S/c13-10-5-11(14-6-9-2-1-3-19-9)8(7-16)4-12(10)15-20(17)18/h1-5,7,14-15H,6H2,(H,17,18). The first-order valence-electron chi connectivity index (χ1n) is 5.52. The lowest BCUT2D eigenvalue weighted by molar-refractivity contribution is 0.112. The van der Waals surface area contributed by atoms with Crippen LogP contribution >= 0.6 is 11.6 Å². The SMILES string of the molecule is O=Cc1cc(NS(=O)O)c(Cl)cc1NCc1ccco1. The van der Waals surface area contributed by atoms with Crippen LogP contribution in [0.3, 0.4) is 0 Å². The van der Waals surface area contributed by atoms with Crippen molar-refractivity contribution in [1.29, 1.82) is 0 Å². The summed E-state index contributed by atoms with van der Waals surface area (Å²) in [6.07, 6.45) is 2.18. The zero-order valence-corrected chi connectivity index (χ0v) is 11.7. The molecule has 0 aliphatic heterocycles. The van der Waals surface area contributed by atoms with Crippen LogP contribution in [0.25, 0.3) is 0 Å². The van der Waals surface area contributed by atoms with E-state index in [1.807, 2.05) is 0 Å². The molecule has 1 unspecified atom stereocenters. The largest absolute Gasteiger partial charge is 0.467 e. The lowest BCUT2D eigenvalue weighted by atomic mass is 10.1. The third-order valence-corrected chi connectivity index (χ3v) is 3.20. The first-order valence-corrected chi connectivity index (χ1v) is 7.01. The molecule has 1 heterocycles. The molecule has 1 aromatic carbocycles. The third-order valence-electron chi connectivity index (χ3n) is 2.50. The average molecular weight is 315 g/mol. The van der Waals surface area contributed by atoms with Crippen molar-refractivity contribution >= 4 is 40.5 Å². The molecule has 2 aromatic rings. The van der Waals surface area contributed by atoms with E-state index in [1.54, 1.807) is 18.4 Å². The van der Waals surface area contributed by atoms with E-state index in [9.17, 15) is 9.00 Å². The number of carbonyl (C=O) groups excluding carboxylic acids is 1. The molecule has 0 spiro atoms. The maximum atomic E-state index is 11.1. The van der Waals surface area contributed by atoms with E-state index < -0.39 is 11.3 Å². The normalized spacial score (nSPS) is 11.9. The van der Waals surface area contributed by atoms with Gasteiger partial charge in [-0.05, 0) is 24.3 Å². The molecule has 1 aromatic heterocycles. The summed E-state index contributed by atoms with van der Waals surface area (Å²) in [5.74, 6) is 0.705.